The van der Waals surface area contributed by atoms with Crippen molar-refractivity contribution in [2.24, 2.45) is 0 Å². The second-order valence-corrected chi connectivity index (χ2v) is 6.08. The zero-order valence-electron chi connectivity index (χ0n) is 13.0. The molecular formula is C19H13FN2O3. The molecule has 2 atom stereocenters. The second-order valence-electron chi connectivity index (χ2n) is 6.08. The van der Waals surface area contributed by atoms with Crippen molar-refractivity contribution >= 4 is 5.78 Å². The number of carbonyl (C=O) groups is 1. The number of hydrogen-bond donors (Lipinski definition) is 1. The summed E-state index contributed by atoms with van der Waals surface area (Å²) in [6, 6.07) is 13.5. The summed E-state index contributed by atoms with van der Waals surface area (Å²) in [5, 5.41) is 0. The molecule has 25 heavy (non-hydrogen) atoms. The van der Waals surface area contributed by atoms with E-state index in [0.29, 0.717) is 23.0 Å². The molecule has 1 aliphatic carbocycles. The Hall–Kier alpha value is -2.99. The van der Waals surface area contributed by atoms with E-state index < -0.39 is 6.10 Å². The van der Waals surface area contributed by atoms with E-state index in [1.54, 1.807) is 12.1 Å². The van der Waals surface area contributed by atoms with Crippen LogP contribution in [0.4, 0.5) is 4.39 Å². The zero-order chi connectivity index (χ0) is 17.0. The van der Waals surface area contributed by atoms with Gasteiger partial charge in [-0.15, -0.1) is 0 Å². The van der Waals surface area contributed by atoms with Crippen LogP contribution < -0.4 is 4.74 Å². The highest BCUT2D eigenvalue weighted by Crippen LogP contribution is 2.48. The van der Waals surface area contributed by atoms with Crippen LogP contribution in [0.2, 0.25) is 0 Å². The number of aromatic nitrogens is 2. The molecule has 1 N–H and O–H groups in total. The SMILES string of the molecule is O=C1c2[nH]c(COc3ccc(F)cc3)nc2-c2ccccc2C2OC12. The number of aromatic amines is 1. The predicted octanol–water partition coefficient (Wildman–Crippen LogP) is 3.43. The lowest BCUT2D eigenvalue weighted by atomic mass is 10.0. The lowest BCUT2D eigenvalue weighted by Crippen LogP contribution is -2.08. The number of imidazole rings is 1. The topological polar surface area (TPSA) is 67.5 Å². The molecule has 0 radical (unpaired) electrons. The smallest absolute Gasteiger partial charge is 0.213 e. The Bertz CT molecular complexity index is 981. The van der Waals surface area contributed by atoms with Gasteiger partial charge in [0, 0.05) is 5.56 Å². The highest BCUT2D eigenvalue weighted by Gasteiger charge is 2.51. The van der Waals surface area contributed by atoms with Crippen molar-refractivity contribution in [1.82, 2.24) is 9.97 Å². The first-order chi connectivity index (χ1) is 12.2. The van der Waals surface area contributed by atoms with Gasteiger partial charge in [0.1, 0.15) is 41.5 Å². The number of Topliss-reactive ketones (excluding diaryl/α,β-unsaturated/α-hetero) is 1. The molecule has 1 aromatic heterocycles. The largest absolute Gasteiger partial charge is 0.486 e. The van der Waals surface area contributed by atoms with Crippen LogP contribution in [0.3, 0.4) is 0 Å². The minimum absolute atomic E-state index is 0.0864. The van der Waals surface area contributed by atoms with Crippen molar-refractivity contribution in [3.05, 3.63) is 71.4 Å². The molecule has 1 saturated heterocycles. The number of fused-ring (bicyclic) bond motifs is 5. The average molecular weight is 336 g/mol. The van der Waals surface area contributed by atoms with E-state index in [2.05, 4.69) is 9.97 Å². The van der Waals surface area contributed by atoms with Gasteiger partial charge in [-0.2, -0.15) is 0 Å². The fourth-order valence-electron chi connectivity index (χ4n) is 3.20. The van der Waals surface area contributed by atoms with Crippen molar-refractivity contribution in [2.75, 3.05) is 0 Å². The fraction of sp³-hybridized carbons (Fsp3) is 0.158. The monoisotopic (exact) mass is 336 g/mol. The highest BCUT2D eigenvalue weighted by molar-refractivity contribution is 6.06. The number of hydrogen-bond acceptors (Lipinski definition) is 4. The number of halogens is 1. The molecule has 3 aromatic rings. The van der Waals surface area contributed by atoms with Gasteiger partial charge in [0.2, 0.25) is 5.78 Å². The first-order valence-corrected chi connectivity index (χ1v) is 7.97. The molecule has 0 saturated carbocycles. The third-order valence-electron chi connectivity index (χ3n) is 4.46. The van der Waals surface area contributed by atoms with Crippen LogP contribution in [0.1, 0.15) is 28.0 Å². The van der Waals surface area contributed by atoms with Crippen LogP contribution in [-0.4, -0.2) is 21.9 Å². The number of nitrogens with one attached hydrogen (secondary N) is 1. The summed E-state index contributed by atoms with van der Waals surface area (Å²) in [5.74, 6) is 0.664. The summed E-state index contributed by atoms with van der Waals surface area (Å²) >= 11 is 0. The number of carbonyl (C=O) groups excluding carboxylic acids is 1. The zero-order valence-corrected chi connectivity index (χ0v) is 13.0. The number of nitrogens with zero attached hydrogens (tertiary/aromatic N) is 1. The number of ketones is 1. The van der Waals surface area contributed by atoms with Crippen LogP contribution in [0.5, 0.6) is 5.75 Å². The Morgan fingerprint density at radius 3 is 2.76 bits per heavy atom. The van der Waals surface area contributed by atoms with Crippen LogP contribution in [0.15, 0.2) is 48.5 Å². The molecule has 1 aliphatic heterocycles. The Balaban J connectivity index is 1.48. The van der Waals surface area contributed by atoms with E-state index >= 15 is 0 Å². The Morgan fingerprint density at radius 1 is 1.12 bits per heavy atom. The molecule has 2 aliphatic rings. The quantitative estimate of drug-likeness (QED) is 0.744. The third kappa shape index (κ3) is 2.34. The van der Waals surface area contributed by atoms with Gasteiger partial charge in [-0.1, -0.05) is 24.3 Å². The number of ether oxygens (including phenoxy) is 2. The van der Waals surface area contributed by atoms with Crippen molar-refractivity contribution < 1.29 is 18.7 Å². The normalized spacial score (nSPS) is 20.3. The Morgan fingerprint density at radius 2 is 1.92 bits per heavy atom. The van der Waals surface area contributed by atoms with Crippen LogP contribution >= 0.6 is 0 Å². The maximum atomic E-state index is 12.9. The summed E-state index contributed by atoms with van der Waals surface area (Å²) in [6.07, 6.45) is -0.612. The molecule has 5 rings (SSSR count). The van der Waals surface area contributed by atoms with Gasteiger partial charge in [0.25, 0.3) is 0 Å². The van der Waals surface area contributed by atoms with Crippen molar-refractivity contribution in [1.29, 1.82) is 0 Å². The van der Waals surface area contributed by atoms with E-state index in [-0.39, 0.29) is 24.3 Å². The maximum Gasteiger partial charge on any atom is 0.213 e. The molecule has 6 heteroatoms. The molecule has 1 fully saturated rings. The van der Waals surface area contributed by atoms with E-state index in [9.17, 15) is 9.18 Å². The minimum atomic E-state index is -0.436. The van der Waals surface area contributed by atoms with Gasteiger partial charge < -0.3 is 14.5 Å². The van der Waals surface area contributed by atoms with Crippen molar-refractivity contribution in [3.63, 3.8) is 0 Å². The van der Waals surface area contributed by atoms with Crippen LogP contribution in [0.25, 0.3) is 11.3 Å². The number of epoxide rings is 1. The molecule has 124 valence electrons. The minimum Gasteiger partial charge on any atom is -0.486 e. The standard InChI is InChI=1S/C19H13FN2O3/c20-10-5-7-11(8-6-10)24-9-14-21-15-12-3-1-2-4-13(12)18-19(25-18)17(23)16(15)22-14/h1-8,18-19H,9H2,(H,21,22). The summed E-state index contributed by atoms with van der Waals surface area (Å²) in [7, 11) is 0. The highest BCUT2D eigenvalue weighted by atomic mass is 19.1. The molecule has 0 spiro atoms. The van der Waals surface area contributed by atoms with Crippen LogP contribution in [0, 0.1) is 5.82 Å². The van der Waals surface area contributed by atoms with Gasteiger partial charge in [0.15, 0.2) is 6.10 Å². The van der Waals surface area contributed by atoms with Gasteiger partial charge >= 0.3 is 0 Å². The fourth-order valence-corrected chi connectivity index (χ4v) is 3.20. The molecule has 0 amide bonds. The average Bonchev–Trinajstić information content (AvgIpc) is 3.33. The molecular weight excluding hydrogens is 323 g/mol. The van der Waals surface area contributed by atoms with Gasteiger partial charge in [-0.05, 0) is 29.8 Å². The lowest BCUT2D eigenvalue weighted by molar-refractivity contribution is 0.0949. The predicted molar refractivity (Wildman–Crippen MR) is 86.7 cm³/mol. The molecule has 5 nitrogen and oxygen atoms in total. The Labute approximate surface area is 142 Å². The summed E-state index contributed by atoms with van der Waals surface area (Å²) in [5.41, 5.74) is 2.97. The van der Waals surface area contributed by atoms with E-state index in [0.717, 1.165) is 11.1 Å². The molecule has 2 unspecified atom stereocenters. The van der Waals surface area contributed by atoms with E-state index in [1.165, 1.54) is 12.1 Å². The second kappa shape index (κ2) is 5.26. The first-order valence-electron chi connectivity index (χ1n) is 7.97. The van der Waals surface area contributed by atoms with Gasteiger partial charge in [-0.3, -0.25) is 4.79 Å². The number of rotatable bonds is 3. The third-order valence-corrected chi connectivity index (χ3v) is 4.46. The van der Waals surface area contributed by atoms with Gasteiger partial charge in [-0.25, -0.2) is 9.37 Å². The first kappa shape index (κ1) is 14.4. The summed E-state index contributed by atoms with van der Waals surface area (Å²) < 4.78 is 24.1. The summed E-state index contributed by atoms with van der Waals surface area (Å²) in [6.45, 7) is 0.156. The van der Waals surface area contributed by atoms with Crippen molar-refractivity contribution in [3.8, 4) is 17.0 Å². The Kier molecular flexibility index (Phi) is 3.02. The van der Waals surface area contributed by atoms with E-state index in [1.807, 2.05) is 24.3 Å². The van der Waals surface area contributed by atoms with Crippen LogP contribution in [-0.2, 0) is 11.3 Å². The molecule has 2 heterocycles. The number of benzene rings is 2. The molecule has 2 aromatic carbocycles. The van der Waals surface area contributed by atoms with Crippen molar-refractivity contribution in [2.45, 2.75) is 18.8 Å². The maximum absolute atomic E-state index is 12.9. The summed E-state index contributed by atoms with van der Waals surface area (Å²) in [4.78, 5) is 20.2. The molecule has 0 bridgehead atoms. The van der Waals surface area contributed by atoms with Gasteiger partial charge in [0.05, 0.1) is 0 Å². The van der Waals surface area contributed by atoms with E-state index in [4.69, 9.17) is 9.47 Å². The lowest BCUT2D eigenvalue weighted by Gasteiger charge is -2.04. The number of H-pyrrole nitrogens is 1.